The van der Waals surface area contributed by atoms with Gasteiger partial charge in [0.05, 0.1) is 7.11 Å². The summed E-state index contributed by atoms with van der Waals surface area (Å²) in [5.41, 5.74) is 2.45. The van der Waals surface area contributed by atoms with Crippen molar-refractivity contribution in [1.82, 2.24) is 9.80 Å². The molecule has 0 saturated carbocycles. The number of carbonyl (C=O) groups excluding carboxylic acids is 1. The maximum Gasteiger partial charge on any atom is 0.326 e. The number of likely N-dealkylation sites (tertiary alicyclic amines) is 2. The van der Waals surface area contributed by atoms with Gasteiger partial charge in [-0.2, -0.15) is 0 Å². The first-order valence-electron chi connectivity index (χ1n) is 10.1. The van der Waals surface area contributed by atoms with Gasteiger partial charge in [0, 0.05) is 25.6 Å². The van der Waals surface area contributed by atoms with Crippen LogP contribution in [-0.4, -0.2) is 59.6 Å². The van der Waals surface area contributed by atoms with Gasteiger partial charge in [-0.15, -0.1) is 0 Å². The molecule has 0 radical (unpaired) electrons. The zero-order valence-electron chi connectivity index (χ0n) is 17.4. The molecule has 2 saturated heterocycles. The van der Waals surface area contributed by atoms with E-state index in [4.69, 9.17) is 4.74 Å². The van der Waals surface area contributed by atoms with Gasteiger partial charge in [-0.25, -0.2) is 4.79 Å². The minimum Gasteiger partial charge on any atom is -0.496 e. The SMILES string of the molecule is COc1ccc(C(C)C)cc1CN1CCC2(CC1)CC(C(=O)O)N(C(C)=O)C2. The molecule has 28 heavy (non-hydrogen) atoms. The van der Waals surface area contributed by atoms with E-state index in [1.165, 1.54) is 18.1 Å². The third-order valence-corrected chi connectivity index (χ3v) is 6.48. The summed E-state index contributed by atoms with van der Waals surface area (Å²) in [4.78, 5) is 27.4. The molecule has 1 unspecified atom stereocenters. The van der Waals surface area contributed by atoms with Gasteiger partial charge in [-0.1, -0.05) is 26.0 Å². The van der Waals surface area contributed by atoms with E-state index in [1.54, 1.807) is 12.0 Å². The Hall–Kier alpha value is -2.08. The highest BCUT2D eigenvalue weighted by molar-refractivity contribution is 5.83. The standard InChI is InChI=1S/C22H32N2O4/c1-15(2)17-5-6-20(28-4)18(11-17)13-23-9-7-22(8-10-23)12-19(21(26)27)24(14-22)16(3)25/h5-6,11,15,19H,7-10,12-14H2,1-4H3,(H,26,27). The molecule has 2 aliphatic heterocycles. The average molecular weight is 389 g/mol. The van der Waals surface area contributed by atoms with Crippen molar-refractivity contribution in [3.05, 3.63) is 29.3 Å². The number of methoxy groups -OCH3 is 1. The summed E-state index contributed by atoms with van der Waals surface area (Å²) >= 11 is 0. The summed E-state index contributed by atoms with van der Waals surface area (Å²) < 4.78 is 5.56. The maximum atomic E-state index is 11.9. The second-order valence-corrected chi connectivity index (χ2v) is 8.71. The fourth-order valence-electron chi connectivity index (χ4n) is 4.68. The Morgan fingerprint density at radius 2 is 1.96 bits per heavy atom. The number of benzene rings is 1. The lowest BCUT2D eigenvalue weighted by molar-refractivity contribution is -0.147. The van der Waals surface area contributed by atoms with Gasteiger partial charge in [0.2, 0.25) is 5.91 Å². The van der Waals surface area contributed by atoms with E-state index in [9.17, 15) is 14.7 Å². The largest absolute Gasteiger partial charge is 0.496 e. The van der Waals surface area contributed by atoms with Crippen molar-refractivity contribution >= 4 is 11.9 Å². The van der Waals surface area contributed by atoms with Crippen molar-refractivity contribution in [2.75, 3.05) is 26.7 Å². The number of carbonyl (C=O) groups is 2. The van der Waals surface area contributed by atoms with Crippen molar-refractivity contribution < 1.29 is 19.4 Å². The fourth-order valence-corrected chi connectivity index (χ4v) is 4.68. The average Bonchev–Trinajstić information content (AvgIpc) is 3.04. The molecule has 1 aromatic rings. The van der Waals surface area contributed by atoms with Crippen LogP contribution in [0.5, 0.6) is 5.75 Å². The molecule has 1 N–H and O–H groups in total. The molecule has 3 rings (SSSR count). The minimum atomic E-state index is -0.884. The molecule has 1 atom stereocenters. The third kappa shape index (κ3) is 4.17. The van der Waals surface area contributed by atoms with Crippen molar-refractivity contribution in [1.29, 1.82) is 0 Å². The van der Waals surface area contributed by atoms with Crippen LogP contribution in [0.3, 0.4) is 0 Å². The van der Waals surface area contributed by atoms with Crippen LogP contribution in [0, 0.1) is 5.41 Å². The van der Waals surface area contributed by atoms with Crippen LogP contribution >= 0.6 is 0 Å². The van der Waals surface area contributed by atoms with E-state index in [1.807, 2.05) is 0 Å². The summed E-state index contributed by atoms with van der Waals surface area (Å²) in [7, 11) is 1.71. The highest BCUT2D eigenvalue weighted by Gasteiger charge is 2.49. The van der Waals surface area contributed by atoms with Crippen LogP contribution in [0.1, 0.15) is 57.1 Å². The Morgan fingerprint density at radius 3 is 2.46 bits per heavy atom. The predicted molar refractivity (Wildman–Crippen MR) is 107 cm³/mol. The summed E-state index contributed by atoms with van der Waals surface area (Å²) in [5, 5.41) is 9.50. The molecular weight excluding hydrogens is 356 g/mol. The lowest BCUT2D eigenvalue weighted by Crippen LogP contribution is -2.42. The molecule has 0 bridgehead atoms. The number of rotatable bonds is 5. The molecule has 1 spiro atoms. The molecule has 0 aromatic heterocycles. The van der Waals surface area contributed by atoms with Crippen LogP contribution in [-0.2, 0) is 16.1 Å². The summed E-state index contributed by atoms with van der Waals surface area (Å²) in [5.74, 6) is 0.365. The minimum absolute atomic E-state index is 0.0604. The third-order valence-electron chi connectivity index (χ3n) is 6.48. The van der Waals surface area contributed by atoms with E-state index in [0.717, 1.165) is 38.2 Å². The highest BCUT2D eigenvalue weighted by atomic mass is 16.5. The molecule has 1 amide bonds. The molecule has 6 nitrogen and oxygen atoms in total. The van der Waals surface area contributed by atoms with Crippen molar-refractivity contribution in [3.8, 4) is 5.75 Å². The maximum absolute atomic E-state index is 11.9. The van der Waals surface area contributed by atoms with Crippen LogP contribution in [0.4, 0.5) is 0 Å². The molecule has 6 heteroatoms. The quantitative estimate of drug-likeness (QED) is 0.839. The van der Waals surface area contributed by atoms with E-state index in [-0.39, 0.29) is 11.3 Å². The van der Waals surface area contributed by atoms with Crippen LogP contribution in [0.25, 0.3) is 0 Å². The summed E-state index contributed by atoms with van der Waals surface area (Å²) in [6, 6.07) is 5.74. The Morgan fingerprint density at radius 1 is 1.29 bits per heavy atom. The van der Waals surface area contributed by atoms with Gasteiger partial charge in [0.1, 0.15) is 11.8 Å². The van der Waals surface area contributed by atoms with Gasteiger partial charge < -0.3 is 14.7 Å². The number of hydrogen-bond acceptors (Lipinski definition) is 4. The number of amides is 1. The van der Waals surface area contributed by atoms with Crippen LogP contribution < -0.4 is 4.74 Å². The molecular formula is C22H32N2O4. The lowest BCUT2D eigenvalue weighted by Gasteiger charge is -2.39. The first-order chi connectivity index (χ1) is 13.2. The Kier molecular flexibility index (Phi) is 5.98. The van der Waals surface area contributed by atoms with Gasteiger partial charge in [-0.3, -0.25) is 9.69 Å². The van der Waals surface area contributed by atoms with Crippen molar-refractivity contribution in [2.24, 2.45) is 5.41 Å². The molecule has 0 aliphatic carbocycles. The fraction of sp³-hybridized carbons (Fsp3) is 0.636. The second-order valence-electron chi connectivity index (χ2n) is 8.71. The first-order valence-corrected chi connectivity index (χ1v) is 10.1. The number of aliphatic carboxylic acids is 1. The van der Waals surface area contributed by atoms with Crippen LogP contribution in [0.2, 0.25) is 0 Å². The number of hydrogen-bond donors (Lipinski definition) is 1. The van der Waals surface area contributed by atoms with Gasteiger partial charge in [0.15, 0.2) is 0 Å². The number of piperidine rings is 1. The number of nitrogens with zero attached hydrogens (tertiary/aromatic N) is 2. The Balaban J connectivity index is 1.67. The highest BCUT2D eigenvalue weighted by Crippen LogP contribution is 2.44. The monoisotopic (exact) mass is 388 g/mol. The van der Waals surface area contributed by atoms with Gasteiger partial charge in [0.25, 0.3) is 0 Å². The molecule has 2 heterocycles. The van der Waals surface area contributed by atoms with Crippen molar-refractivity contribution in [3.63, 3.8) is 0 Å². The molecule has 2 aliphatic rings. The summed E-state index contributed by atoms with van der Waals surface area (Å²) in [6.07, 6.45) is 2.42. The zero-order chi connectivity index (χ0) is 20.5. The Bertz CT molecular complexity index is 714. The van der Waals surface area contributed by atoms with E-state index < -0.39 is 12.0 Å². The summed E-state index contributed by atoms with van der Waals surface area (Å²) in [6.45, 7) is 9.07. The topological polar surface area (TPSA) is 70.1 Å². The first kappa shape index (κ1) is 20.6. The zero-order valence-corrected chi connectivity index (χ0v) is 17.4. The van der Waals surface area contributed by atoms with Gasteiger partial charge >= 0.3 is 5.97 Å². The number of carboxylic acid groups (broad SMARTS) is 1. The molecule has 154 valence electrons. The predicted octanol–water partition coefficient (Wildman–Crippen LogP) is 3.11. The lowest BCUT2D eigenvalue weighted by atomic mass is 9.76. The number of carboxylic acids is 1. The Labute approximate surface area is 167 Å². The van der Waals surface area contributed by atoms with E-state index >= 15 is 0 Å². The second kappa shape index (κ2) is 8.11. The van der Waals surface area contributed by atoms with Crippen molar-refractivity contribution in [2.45, 2.75) is 58.5 Å². The van der Waals surface area contributed by atoms with E-state index in [0.29, 0.717) is 18.9 Å². The molecule has 1 aromatic carbocycles. The van der Waals surface area contributed by atoms with E-state index in [2.05, 4.69) is 36.9 Å². The normalized spacial score (nSPS) is 22.0. The van der Waals surface area contributed by atoms with Gasteiger partial charge in [-0.05, 0) is 55.3 Å². The number of ether oxygens (including phenoxy) is 1. The smallest absolute Gasteiger partial charge is 0.326 e. The van der Waals surface area contributed by atoms with Crippen LogP contribution in [0.15, 0.2) is 18.2 Å². The molecule has 2 fully saturated rings.